The SMILES string of the molecule is CC1=C(Br)C(=O)[C@](C)(Br)[C@@H](Br)C1=NC(=O)c1ccccc1. The quantitative estimate of drug-likeness (QED) is 0.561. The molecule has 2 rings (SSSR count). The Morgan fingerprint density at radius 2 is 1.86 bits per heavy atom. The van der Waals surface area contributed by atoms with E-state index >= 15 is 0 Å². The van der Waals surface area contributed by atoms with Gasteiger partial charge in [0.1, 0.15) is 4.32 Å². The highest BCUT2D eigenvalue weighted by atomic mass is 79.9. The third kappa shape index (κ3) is 3.12. The van der Waals surface area contributed by atoms with Crippen molar-refractivity contribution >= 4 is 65.2 Å². The maximum Gasteiger partial charge on any atom is 0.277 e. The van der Waals surface area contributed by atoms with Gasteiger partial charge in [-0.25, -0.2) is 4.99 Å². The fraction of sp³-hybridized carbons (Fsp3) is 0.267. The maximum absolute atomic E-state index is 12.3. The minimum Gasteiger partial charge on any atom is -0.292 e. The molecule has 0 fully saturated rings. The Kier molecular flexibility index (Phi) is 5.00. The van der Waals surface area contributed by atoms with Crippen LogP contribution in [-0.4, -0.2) is 26.6 Å². The summed E-state index contributed by atoms with van der Waals surface area (Å²) in [7, 11) is 0. The van der Waals surface area contributed by atoms with Crippen molar-refractivity contribution in [1.29, 1.82) is 0 Å². The minimum absolute atomic E-state index is 0.0759. The fourth-order valence-corrected chi connectivity index (χ4v) is 3.90. The molecular formula is C15H12Br3NO2. The number of amides is 1. The summed E-state index contributed by atoms with van der Waals surface area (Å²) in [6, 6.07) is 8.84. The van der Waals surface area contributed by atoms with Gasteiger partial charge in [-0.05, 0) is 47.5 Å². The van der Waals surface area contributed by atoms with E-state index < -0.39 is 4.32 Å². The van der Waals surface area contributed by atoms with Crippen molar-refractivity contribution in [2.45, 2.75) is 23.0 Å². The number of nitrogens with zero attached hydrogens (tertiary/aromatic N) is 1. The van der Waals surface area contributed by atoms with Crippen LogP contribution in [0.15, 0.2) is 45.4 Å². The van der Waals surface area contributed by atoms with Crippen LogP contribution in [0.2, 0.25) is 0 Å². The van der Waals surface area contributed by atoms with Gasteiger partial charge in [0.2, 0.25) is 0 Å². The lowest BCUT2D eigenvalue weighted by Gasteiger charge is -2.33. The van der Waals surface area contributed by atoms with Crippen LogP contribution in [0.3, 0.4) is 0 Å². The number of rotatable bonds is 1. The van der Waals surface area contributed by atoms with Crippen molar-refractivity contribution in [2.75, 3.05) is 0 Å². The monoisotopic (exact) mass is 475 g/mol. The van der Waals surface area contributed by atoms with Crippen LogP contribution >= 0.6 is 47.8 Å². The van der Waals surface area contributed by atoms with Crippen molar-refractivity contribution in [2.24, 2.45) is 4.99 Å². The molecule has 0 saturated carbocycles. The van der Waals surface area contributed by atoms with Crippen LogP contribution in [-0.2, 0) is 4.79 Å². The maximum atomic E-state index is 12.3. The van der Waals surface area contributed by atoms with Crippen molar-refractivity contribution < 1.29 is 9.59 Å². The number of aliphatic imine (C=N–C) groups is 1. The number of ketones is 1. The van der Waals surface area contributed by atoms with Crippen LogP contribution in [0.5, 0.6) is 0 Å². The van der Waals surface area contributed by atoms with Gasteiger partial charge in [-0.15, -0.1) is 0 Å². The van der Waals surface area contributed by atoms with E-state index in [1.807, 2.05) is 6.07 Å². The molecular weight excluding hydrogens is 466 g/mol. The lowest BCUT2D eigenvalue weighted by Crippen LogP contribution is -2.47. The summed E-state index contributed by atoms with van der Waals surface area (Å²) in [4.78, 5) is 28.3. The van der Waals surface area contributed by atoms with Gasteiger partial charge in [-0.3, -0.25) is 9.59 Å². The summed E-state index contributed by atoms with van der Waals surface area (Å²) >= 11 is 10.2. The van der Waals surface area contributed by atoms with Crippen molar-refractivity contribution in [3.8, 4) is 0 Å². The highest BCUT2D eigenvalue weighted by Gasteiger charge is 2.46. The first-order valence-electron chi connectivity index (χ1n) is 6.19. The molecule has 0 aliphatic heterocycles. The van der Waals surface area contributed by atoms with Gasteiger partial charge in [-0.2, -0.15) is 0 Å². The summed E-state index contributed by atoms with van der Waals surface area (Å²) < 4.78 is -0.404. The van der Waals surface area contributed by atoms with E-state index in [2.05, 4.69) is 52.8 Å². The highest BCUT2D eigenvalue weighted by molar-refractivity contribution is 9.13. The van der Waals surface area contributed by atoms with Gasteiger partial charge < -0.3 is 0 Å². The molecule has 1 aliphatic rings. The number of carbonyl (C=O) groups excluding carboxylic acids is 2. The second-order valence-electron chi connectivity index (χ2n) is 4.87. The molecule has 0 saturated heterocycles. The second kappa shape index (κ2) is 6.26. The van der Waals surface area contributed by atoms with Gasteiger partial charge in [0.05, 0.1) is 15.0 Å². The number of benzene rings is 1. The first-order chi connectivity index (χ1) is 9.76. The van der Waals surface area contributed by atoms with E-state index in [-0.39, 0.29) is 16.5 Å². The summed E-state index contributed by atoms with van der Waals surface area (Å²) in [6.45, 7) is 3.53. The molecule has 6 heteroatoms. The number of alkyl halides is 2. The third-order valence-electron chi connectivity index (χ3n) is 3.32. The molecule has 0 unspecified atom stereocenters. The molecule has 0 spiro atoms. The average molecular weight is 478 g/mol. The summed E-state index contributed by atoms with van der Waals surface area (Å²) in [5.74, 6) is -0.402. The molecule has 0 bridgehead atoms. The molecule has 3 nitrogen and oxygen atoms in total. The van der Waals surface area contributed by atoms with Crippen molar-refractivity contribution in [1.82, 2.24) is 0 Å². The molecule has 0 heterocycles. The number of hydrogen-bond donors (Lipinski definition) is 0. The van der Waals surface area contributed by atoms with Crippen molar-refractivity contribution in [3.05, 3.63) is 46.0 Å². The Balaban J connectivity index is 2.49. The zero-order valence-electron chi connectivity index (χ0n) is 11.4. The van der Waals surface area contributed by atoms with Crippen LogP contribution in [0.4, 0.5) is 0 Å². The lowest BCUT2D eigenvalue weighted by atomic mass is 9.88. The molecule has 110 valence electrons. The van der Waals surface area contributed by atoms with Crippen molar-refractivity contribution in [3.63, 3.8) is 0 Å². The Morgan fingerprint density at radius 1 is 1.29 bits per heavy atom. The standard InChI is InChI=1S/C15H12Br3NO2/c1-8-10(16)13(20)15(2,18)12(17)11(8)19-14(21)9-6-4-3-5-7-9/h3-7,12H,1-2H3/t12-,15+/m0/s1. The van der Waals surface area contributed by atoms with E-state index in [1.54, 1.807) is 38.1 Å². The lowest BCUT2D eigenvalue weighted by molar-refractivity contribution is -0.116. The first-order valence-corrected chi connectivity index (χ1v) is 8.69. The summed E-state index contributed by atoms with van der Waals surface area (Å²) in [5, 5.41) is 0. The topological polar surface area (TPSA) is 46.5 Å². The number of carbonyl (C=O) groups is 2. The van der Waals surface area contributed by atoms with E-state index in [4.69, 9.17) is 0 Å². The largest absolute Gasteiger partial charge is 0.292 e. The molecule has 0 N–H and O–H groups in total. The first kappa shape index (κ1) is 16.8. The summed E-state index contributed by atoms with van der Waals surface area (Å²) in [6.07, 6.45) is 0. The smallest absolute Gasteiger partial charge is 0.277 e. The average Bonchev–Trinajstić information content (AvgIpc) is 2.49. The Morgan fingerprint density at radius 3 is 2.43 bits per heavy atom. The zero-order valence-corrected chi connectivity index (χ0v) is 16.1. The number of halogens is 3. The Hall–Kier alpha value is -0.590. The van der Waals surface area contributed by atoms with Gasteiger partial charge in [0.25, 0.3) is 5.91 Å². The van der Waals surface area contributed by atoms with Crippen LogP contribution in [0.25, 0.3) is 0 Å². The molecule has 1 aromatic carbocycles. The third-order valence-corrected chi connectivity index (χ3v) is 7.05. The Bertz CT molecular complexity index is 663. The van der Waals surface area contributed by atoms with Crippen LogP contribution in [0.1, 0.15) is 24.2 Å². The van der Waals surface area contributed by atoms with Gasteiger partial charge in [0.15, 0.2) is 5.78 Å². The van der Waals surface area contributed by atoms with Gasteiger partial charge >= 0.3 is 0 Å². The van der Waals surface area contributed by atoms with Crippen LogP contribution < -0.4 is 0 Å². The summed E-state index contributed by atoms with van der Waals surface area (Å²) in [5.41, 5.74) is 1.74. The van der Waals surface area contributed by atoms with E-state index in [9.17, 15) is 9.59 Å². The predicted octanol–water partition coefficient (Wildman–Crippen LogP) is 4.44. The molecule has 1 aliphatic carbocycles. The number of Topliss-reactive ketones (excluding diaryl/α,β-unsaturated/α-hetero) is 1. The Labute approximate surface area is 148 Å². The zero-order chi connectivity index (χ0) is 15.8. The number of hydrogen-bond acceptors (Lipinski definition) is 2. The normalized spacial score (nSPS) is 28.1. The molecule has 0 radical (unpaired) electrons. The second-order valence-corrected chi connectivity index (χ2v) is 8.23. The van der Waals surface area contributed by atoms with E-state index in [0.717, 1.165) is 0 Å². The van der Waals surface area contributed by atoms with E-state index in [1.165, 1.54) is 0 Å². The fourth-order valence-electron chi connectivity index (χ4n) is 1.95. The highest BCUT2D eigenvalue weighted by Crippen LogP contribution is 2.40. The molecule has 2 atom stereocenters. The van der Waals surface area contributed by atoms with Crippen LogP contribution in [0, 0.1) is 0 Å². The predicted molar refractivity (Wildman–Crippen MR) is 94.9 cm³/mol. The molecule has 1 amide bonds. The molecule has 1 aromatic rings. The van der Waals surface area contributed by atoms with Gasteiger partial charge in [-0.1, -0.05) is 50.1 Å². The van der Waals surface area contributed by atoms with E-state index in [0.29, 0.717) is 21.3 Å². The molecule has 21 heavy (non-hydrogen) atoms. The number of allylic oxidation sites excluding steroid dienone is 2. The minimum atomic E-state index is -0.846. The molecule has 0 aromatic heterocycles. The van der Waals surface area contributed by atoms with Gasteiger partial charge in [0, 0.05) is 5.56 Å².